The highest BCUT2D eigenvalue weighted by Crippen LogP contribution is 2.51. The number of nitrogens with zero attached hydrogens (tertiary/aromatic N) is 6. The predicted molar refractivity (Wildman–Crippen MR) is 203 cm³/mol. The first kappa shape index (κ1) is 38.3. The first-order valence-electron chi connectivity index (χ1n) is 17.6. The third-order valence-electron chi connectivity index (χ3n) is 10.1. The zero-order chi connectivity index (χ0) is 38.1. The molecule has 3 aliphatic rings. The molecule has 16 heteroatoms. The van der Waals surface area contributed by atoms with Crippen LogP contribution in [-0.2, 0) is 0 Å². The van der Waals surface area contributed by atoms with Crippen LogP contribution < -0.4 is 25.8 Å². The van der Waals surface area contributed by atoms with Gasteiger partial charge in [0.25, 0.3) is 0 Å². The molecular weight excluding hydrogens is 732 g/mol. The molecule has 4 aromatic rings. The van der Waals surface area contributed by atoms with E-state index in [0.29, 0.717) is 18.5 Å². The lowest BCUT2D eigenvalue weighted by molar-refractivity contribution is 0.110. The molecule has 2 aromatic carbocycles. The zero-order valence-corrected chi connectivity index (χ0v) is 31.4. The van der Waals surface area contributed by atoms with Gasteiger partial charge in [-0.15, -0.1) is 11.3 Å². The average molecular weight is 773 g/mol. The standard InChI is InChI=1S/C31H28ClF4N7O2S.C6H13N/c1-3-43-18(15(10-19(34)35)13-6-5-9-40-28(13)38)12-45-26-22-25(41-31(44-4-2)42-30(22)43)24(36)21(23(26)32)14-7-8-17(33)27-20(14)16(11-37)29(39)46-27;1-6-4-3-5-7(6)2/h6-8,15,18-19H,3-5,9-10,12,39H2,1-2H3,(H2,38,40);6H,3-5H2,1-2H3/t15-,18?;6-/m11/s1. The van der Waals surface area contributed by atoms with E-state index in [9.17, 15) is 18.4 Å². The number of alkyl halides is 2. The summed E-state index contributed by atoms with van der Waals surface area (Å²) in [6.07, 6.45) is 1.91. The maximum atomic E-state index is 16.9. The molecule has 7 rings (SSSR count). The Balaban J connectivity index is 0.000000616. The number of hydrogen-bond acceptors (Lipinski definition) is 11. The number of rotatable bonds is 8. The van der Waals surface area contributed by atoms with Crippen molar-refractivity contribution in [3.05, 3.63) is 46.0 Å². The summed E-state index contributed by atoms with van der Waals surface area (Å²) in [4.78, 5) is 17.4. The van der Waals surface area contributed by atoms with Crippen LogP contribution in [0, 0.1) is 28.9 Å². The van der Waals surface area contributed by atoms with Crippen molar-refractivity contribution >= 4 is 60.6 Å². The molecule has 2 aromatic heterocycles. The summed E-state index contributed by atoms with van der Waals surface area (Å²) in [7, 11) is 2.19. The molecule has 1 unspecified atom stereocenters. The largest absolute Gasteiger partial charge is 0.489 e. The Morgan fingerprint density at radius 3 is 2.57 bits per heavy atom. The monoisotopic (exact) mass is 772 g/mol. The summed E-state index contributed by atoms with van der Waals surface area (Å²) in [6, 6.07) is 4.35. The molecule has 0 saturated carbocycles. The SMILES string of the molecule is CCOc1nc2c3c(c(Cl)c(-c4ccc(F)c5sc(N)c(C#N)c45)c(F)c3n1)OCC([C@H](CC(F)F)C1=CCCN=C1N)N2CC.C[C@@H]1CCCN1C. The number of aromatic nitrogens is 2. The van der Waals surface area contributed by atoms with E-state index in [-0.39, 0.29) is 90.9 Å². The average Bonchev–Trinajstić information content (AvgIpc) is 3.62. The Kier molecular flexibility index (Phi) is 11.5. The maximum absolute atomic E-state index is 16.9. The lowest BCUT2D eigenvalue weighted by Crippen LogP contribution is -2.47. The fourth-order valence-corrected chi connectivity index (χ4v) is 8.64. The number of aliphatic imine (C=N–C) groups is 1. The van der Waals surface area contributed by atoms with Gasteiger partial charge in [-0.25, -0.2) is 17.6 Å². The quantitative estimate of drug-likeness (QED) is 0.171. The second-order valence-electron chi connectivity index (χ2n) is 13.2. The van der Waals surface area contributed by atoms with Crippen molar-refractivity contribution < 1.29 is 27.0 Å². The van der Waals surface area contributed by atoms with Gasteiger partial charge in [0.2, 0.25) is 6.43 Å². The van der Waals surface area contributed by atoms with Gasteiger partial charge >= 0.3 is 6.01 Å². The van der Waals surface area contributed by atoms with E-state index in [1.54, 1.807) is 11.8 Å². The summed E-state index contributed by atoms with van der Waals surface area (Å²) >= 11 is 7.84. The first-order valence-corrected chi connectivity index (χ1v) is 18.8. The van der Waals surface area contributed by atoms with Crippen LogP contribution in [0.1, 0.15) is 52.0 Å². The number of nitriles is 1. The van der Waals surface area contributed by atoms with E-state index in [1.807, 2.05) is 19.1 Å². The molecule has 10 nitrogen and oxygen atoms in total. The molecule has 53 heavy (non-hydrogen) atoms. The van der Waals surface area contributed by atoms with Gasteiger partial charge in [-0.1, -0.05) is 23.7 Å². The summed E-state index contributed by atoms with van der Waals surface area (Å²) in [5, 5.41) is 9.94. The number of likely N-dealkylation sites (N-methyl/N-ethyl adjacent to an activating group) is 1. The first-order chi connectivity index (χ1) is 25.4. The van der Waals surface area contributed by atoms with E-state index < -0.39 is 36.4 Å². The van der Waals surface area contributed by atoms with E-state index in [0.717, 1.165) is 23.4 Å². The van der Waals surface area contributed by atoms with Gasteiger partial charge in [0.05, 0.1) is 33.3 Å². The fourth-order valence-electron chi connectivity index (χ4n) is 7.35. The molecular formula is C37H41ClF4N8O2S. The molecule has 0 aliphatic carbocycles. The lowest BCUT2D eigenvalue weighted by Gasteiger charge is -2.37. The van der Waals surface area contributed by atoms with Gasteiger partial charge in [0.1, 0.15) is 40.7 Å². The zero-order valence-electron chi connectivity index (χ0n) is 29.9. The van der Waals surface area contributed by atoms with Gasteiger partial charge in [-0.2, -0.15) is 15.2 Å². The predicted octanol–water partition coefficient (Wildman–Crippen LogP) is 7.94. The van der Waals surface area contributed by atoms with Crippen molar-refractivity contribution in [1.82, 2.24) is 14.9 Å². The normalized spacial score (nSPS) is 19.3. The molecule has 1 saturated heterocycles. The number of benzene rings is 2. The number of halogens is 5. The summed E-state index contributed by atoms with van der Waals surface area (Å²) in [6.45, 7) is 7.80. The minimum Gasteiger partial charge on any atom is -0.489 e. The van der Waals surface area contributed by atoms with Gasteiger partial charge in [0.15, 0.2) is 11.6 Å². The van der Waals surface area contributed by atoms with Crippen molar-refractivity contribution in [1.29, 1.82) is 5.26 Å². The smallest absolute Gasteiger partial charge is 0.319 e. The van der Waals surface area contributed by atoms with Crippen LogP contribution >= 0.6 is 22.9 Å². The highest BCUT2D eigenvalue weighted by Gasteiger charge is 2.40. The van der Waals surface area contributed by atoms with Crippen LogP contribution in [0.25, 0.3) is 32.1 Å². The van der Waals surface area contributed by atoms with Gasteiger partial charge < -0.3 is 30.7 Å². The van der Waals surface area contributed by atoms with Crippen molar-refractivity contribution in [3.8, 4) is 29.0 Å². The second kappa shape index (κ2) is 15.9. The number of likely N-dealkylation sites (tertiary alicyclic amines) is 1. The number of fused-ring (bicyclic) bond motifs is 1. The Morgan fingerprint density at radius 1 is 1.19 bits per heavy atom. The van der Waals surface area contributed by atoms with Crippen molar-refractivity contribution in [2.45, 2.75) is 65.0 Å². The summed E-state index contributed by atoms with van der Waals surface area (Å²) in [5.41, 5.74) is 12.4. The maximum Gasteiger partial charge on any atom is 0.319 e. The molecule has 0 radical (unpaired) electrons. The van der Waals surface area contributed by atoms with Gasteiger partial charge in [-0.05, 0) is 70.8 Å². The van der Waals surface area contributed by atoms with Gasteiger partial charge in [-0.3, -0.25) is 4.99 Å². The molecule has 3 atom stereocenters. The molecule has 0 amide bonds. The Bertz CT molecular complexity index is 2130. The Hall–Kier alpha value is -4.39. The Morgan fingerprint density at radius 2 is 1.96 bits per heavy atom. The lowest BCUT2D eigenvalue weighted by atomic mass is 9.85. The van der Waals surface area contributed by atoms with E-state index in [2.05, 4.69) is 33.8 Å². The number of ether oxygens (including phenoxy) is 2. The van der Waals surface area contributed by atoms with Crippen LogP contribution in [0.15, 0.2) is 28.8 Å². The molecule has 1 fully saturated rings. The molecule has 3 aliphatic heterocycles. The van der Waals surface area contributed by atoms with E-state index >= 15 is 4.39 Å². The number of nitrogen functional groups attached to an aromatic ring is 1. The van der Waals surface area contributed by atoms with E-state index in [4.69, 9.17) is 32.5 Å². The van der Waals surface area contributed by atoms with Crippen LogP contribution in [0.2, 0.25) is 5.02 Å². The molecule has 5 heterocycles. The van der Waals surface area contributed by atoms with E-state index in [1.165, 1.54) is 25.5 Å². The highest BCUT2D eigenvalue weighted by molar-refractivity contribution is 7.23. The Labute approximate surface area is 314 Å². The third-order valence-corrected chi connectivity index (χ3v) is 11.5. The molecule has 282 valence electrons. The van der Waals surface area contributed by atoms with Crippen molar-refractivity contribution in [3.63, 3.8) is 0 Å². The molecule has 0 bridgehead atoms. The number of anilines is 2. The number of hydrogen-bond donors (Lipinski definition) is 2. The number of amidine groups is 1. The highest BCUT2D eigenvalue weighted by atomic mass is 35.5. The minimum absolute atomic E-state index is 0.00121. The van der Waals surface area contributed by atoms with Crippen molar-refractivity contribution in [2.75, 3.05) is 50.5 Å². The third kappa shape index (κ3) is 7.16. The van der Waals surface area contributed by atoms with Crippen LogP contribution in [0.4, 0.5) is 28.4 Å². The number of nitrogens with two attached hydrogens (primary N) is 2. The van der Waals surface area contributed by atoms with Crippen molar-refractivity contribution in [2.24, 2.45) is 16.6 Å². The second-order valence-corrected chi connectivity index (χ2v) is 14.6. The summed E-state index contributed by atoms with van der Waals surface area (Å²) < 4.78 is 72.1. The molecule has 0 spiro atoms. The van der Waals surface area contributed by atoms with Crippen LogP contribution in [0.3, 0.4) is 0 Å². The van der Waals surface area contributed by atoms with Crippen LogP contribution in [0.5, 0.6) is 11.8 Å². The van der Waals surface area contributed by atoms with Gasteiger partial charge in [0, 0.05) is 42.4 Å². The topological polar surface area (TPSA) is 139 Å². The fraction of sp³-hybridized carbons (Fsp3) is 0.459. The number of dihydropyridines is 1. The minimum atomic E-state index is -2.68. The van der Waals surface area contributed by atoms with Crippen LogP contribution in [-0.4, -0.2) is 79.1 Å². The summed E-state index contributed by atoms with van der Waals surface area (Å²) in [5.74, 6) is -2.03. The molecule has 4 N–H and O–H groups in total. The number of thiophene rings is 1.